The summed E-state index contributed by atoms with van der Waals surface area (Å²) in [6.45, 7) is 8.87. The van der Waals surface area contributed by atoms with Crippen molar-refractivity contribution in [1.29, 1.82) is 0 Å². The van der Waals surface area contributed by atoms with Gasteiger partial charge < -0.3 is 20.1 Å². The van der Waals surface area contributed by atoms with E-state index in [-0.39, 0.29) is 29.8 Å². The van der Waals surface area contributed by atoms with Crippen molar-refractivity contribution in [2.24, 2.45) is 5.41 Å². The second-order valence-electron chi connectivity index (χ2n) is 6.78. The van der Waals surface area contributed by atoms with Crippen molar-refractivity contribution in [1.82, 2.24) is 10.6 Å². The predicted molar refractivity (Wildman–Crippen MR) is 98.5 cm³/mol. The second-order valence-corrected chi connectivity index (χ2v) is 6.78. The standard InChI is InChI=1S/C18H28N2O3.ClH/c1-13(2)23-15-6-5-14(11-16(15)22-4)17(21)20-12-18(3)7-9-19-10-8-18;/h5-6,11,13,19H,7-10,12H2,1-4H3,(H,20,21);1H. The van der Waals surface area contributed by atoms with E-state index in [4.69, 9.17) is 9.47 Å². The lowest BCUT2D eigenvalue weighted by atomic mass is 9.81. The maximum Gasteiger partial charge on any atom is 0.251 e. The molecular weight excluding hydrogens is 328 g/mol. The minimum Gasteiger partial charge on any atom is -0.493 e. The number of carbonyl (C=O) groups excluding carboxylic acids is 1. The van der Waals surface area contributed by atoms with Crippen LogP contribution < -0.4 is 20.1 Å². The summed E-state index contributed by atoms with van der Waals surface area (Å²) in [4.78, 5) is 12.4. The van der Waals surface area contributed by atoms with Gasteiger partial charge in [-0.2, -0.15) is 0 Å². The van der Waals surface area contributed by atoms with Gasteiger partial charge in [-0.1, -0.05) is 6.92 Å². The normalized spacial score (nSPS) is 16.2. The van der Waals surface area contributed by atoms with Crippen LogP contribution in [0.1, 0.15) is 44.0 Å². The van der Waals surface area contributed by atoms with Crippen LogP contribution in [0.25, 0.3) is 0 Å². The van der Waals surface area contributed by atoms with Crippen LogP contribution in [-0.4, -0.2) is 38.8 Å². The van der Waals surface area contributed by atoms with E-state index in [0.29, 0.717) is 23.6 Å². The molecule has 0 spiro atoms. The van der Waals surface area contributed by atoms with E-state index >= 15 is 0 Å². The highest BCUT2D eigenvalue weighted by Gasteiger charge is 2.27. The van der Waals surface area contributed by atoms with Crippen LogP contribution >= 0.6 is 12.4 Å². The van der Waals surface area contributed by atoms with Crippen LogP contribution in [0, 0.1) is 5.41 Å². The molecule has 1 aliphatic heterocycles. The molecule has 1 aromatic rings. The van der Waals surface area contributed by atoms with Crippen molar-refractivity contribution in [3.8, 4) is 11.5 Å². The predicted octanol–water partition coefficient (Wildman–Crippen LogP) is 3.02. The molecule has 0 radical (unpaired) electrons. The van der Waals surface area contributed by atoms with Crippen LogP contribution in [0.3, 0.4) is 0 Å². The molecule has 2 rings (SSSR count). The number of halogens is 1. The molecule has 1 fully saturated rings. The first-order chi connectivity index (χ1) is 10.9. The Kier molecular flexibility index (Phi) is 7.84. The summed E-state index contributed by atoms with van der Waals surface area (Å²) in [5.41, 5.74) is 0.765. The molecule has 1 saturated heterocycles. The third-order valence-electron chi connectivity index (χ3n) is 4.27. The van der Waals surface area contributed by atoms with Gasteiger partial charge in [-0.05, 0) is 63.4 Å². The van der Waals surface area contributed by atoms with Crippen molar-refractivity contribution in [2.45, 2.75) is 39.7 Å². The first kappa shape index (κ1) is 20.6. The topological polar surface area (TPSA) is 59.6 Å². The third-order valence-corrected chi connectivity index (χ3v) is 4.27. The fourth-order valence-electron chi connectivity index (χ4n) is 2.76. The van der Waals surface area contributed by atoms with Crippen molar-refractivity contribution in [3.63, 3.8) is 0 Å². The quantitative estimate of drug-likeness (QED) is 0.822. The van der Waals surface area contributed by atoms with Crippen LogP contribution in [-0.2, 0) is 0 Å². The monoisotopic (exact) mass is 356 g/mol. The van der Waals surface area contributed by atoms with Gasteiger partial charge in [0.25, 0.3) is 5.91 Å². The lowest BCUT2D eigenvalue weighted by molar-refractivity contribution is 0.0922. The zero-order valence-electron chi connectivity index (χ0n) is 15.0. The Labute approximate surface area is 150 Å². The van der Waals surface area contributed by atoms with Crippen molar-refractivity contribution >= 4 is 18.3 Å². The number of amides is 1. The van der Waals surface area contributed by atoms with Gasteiger partial charge in [0, 0.05) is 12.1 Å². The molecule has 1 aromatic carbocycles. The van der Waals surface area contributed by atoms with E-state index in [1.54, 1.807) is 25.3 Å². The van der Waals surface area contributed by atoms with E-state index < -0.39 is 0 Å². The van der Waals surface area contributed by atoms with Gasteiger partial charge in [0.15, 0.2) is 11.5 Å². The molecule has 0 unspecified atom stereocenters. The molecule has 0 saturated carbocycles. The van der Waals surface area contributed by atoms with Gasteiger partial charge in [-0.25, -0.2) is 0 Å². The summed E-state index contributed by atoms with van der Waals surface area (Å²) >= 11 is 0. The van der Waals surface area contributed by atoms with E-state index in [1.165, 1.54) is 0 Å². The third kappa shape index (κ3) is 5.56. The van der Waals surface area contributed by atoms with Gasteiger partial charge >= 0.3 is 0 Å². The summed E-state index contributed by atoms with van der Waals surface area (Å²) in [7, 11) is 1.58. The highest BCUT2D eigenvalue weighted by molar-refractivity contribution is 5.94. The molecule has 1 heterocycles. The zero-order chi connectivity index (χ0) is 16.9. The molecule has 24 heavy (non-hydrogen) atoms. The number of methoxy groups -OCH3 is 1. The van der Waals surface area contributed by atoms with Crippen molar-refractivity contribution in [2.75, 3.05) is 26.7 Å². The Hall–Kier alpha value is -1.46. The summed E-state index contributed by atoms with van der Waals surface area (Å²) in [5, 5.41) is 6.41. The molecule has 0 aromatic heterocycles. The number of benzene rings is 1. The highest BCUT2D eigenvalue weighted by atomic mass is 35.5. The summed E-state index contributed by atoms with van der Waals surface area (Å²) < 4.78 is 11.0. The fourth-order valence-corrected chi connectivity index (χ4v) is 2.76. The summed E-state index contributed by atoms with van der Waals surface area (Å²) in [6, 6.07) is 5.30. The molecule has 2 N–H and O–H groups in total. The largest absolute Gasteiger partial charge is 0.493 e. The molecule has 0 aliphatic carbocycles. The number of piperidine rings is 1. The molecule has 1 amide bonds. The van der Waals surface area contributed by atoms with Crippen LogP contribution in [0.2, 0.25) is 0 Å². The van der Waals surface area contributed by atoms with Crippen LogP contribution in [0.15, 0.2) is 18.2 Å². The maximum absolute atomic E-state index is 12.4. The van der Waals surface area contributed by atoms with Crippen LogP contribution in [0.4, 0.5) is 0 Å². The minimum atomic E-state index is -0.0702. The average molecular weight is 357 g/mol. The van der Waals surface area contributed by atoms with E-state index in [9.17, 15) is 4.79 Å². The number of carbonyl (C=O) groups is 1. The number of nitrogens with one attached hydrogen (secondary N) is 2. The van der Waals surface area contributed by atoms with Crippen molar-refractivity contribution < 1.29 is 14.3 Å². The number of hydrogen-bond acceptors (Lipinski definition) is 4. The summed E-state index contributed by atoms with van der Waals surface area (Å²) in [6.07, 6.45) is 2.22. The molecule has 0 atom stereocenters. The highest BCUT2D eigenvalue weighted by Crippen LogP contribution is 2.30. The maximum atomic E-state index is 12.4. The van der Waals surface area contributed by atoms with Crippen LogP contribution in [0.5, 0.6) is 11.5 Å². The summed E-state index contributed by atoms with van der Waals surface area (Å²) in [5.74, 6) is 1.17. The Morgan fingerprint density at radius 1 is 1.29 bits per heavy atom. The molecule has 6 heteroatoms. The first-order valence-corrected chi connectivity index (χ1v) is 8.27. The van der Waals surface area contributed by atoms with Crippen molar-refractivity contribution in [3.05, 3.63) is 23.8 Å². The van der Waals surface area contributed by atoms with Gasteiger partial charge in [0.1, 0.15) is 0 Å². The number of hydrogen-bond donors (Lipinski definition) is 2. The van der Waals surface area contributed by atoms with Gasteiger partial charge in [0.05, 0.1) is 13.2 Å². The average Bonchev–Trinajstić information content (AvgIpc) is 2.53. The smallest absolute Gasteiger partial charge is 0.251 e. The van der Waals surface area contributed by atoms with E-state index in [2.05, 4.69) is 17.6 Å². The molecule has 136 valence electrons. The Morgan fingerprint density at radius 3 is 2.54 bits per heavy atom. The van der Waals surface area contributed by atoms with Gasteiger partial charge in [-0.15, -0.1) is 12.4 Å². The SMILES string of the molecule is COc1cc(C(=O)NCC2(C)CCNCC2)ccc1OC(C)C.Cl. The molecule has 1 aliphatic rings. The lowest BCUT2D eigenvalue weighted by Gasteiger charge is -2.34. The van der Waals surface area contributed by atoms with Gasteiger partial charge in [-0.3, -0.25) is 4.79 Å². The minimum absolute atomic E-state index is 0. The number of rotatable bonds is 6. The van der Waals surface area contributed by atoms with E-state index in [0.717, 1.165) is 25.9 Å². The fraction of sp³-hybridized carbons (Fsp3) is 0.611. The zero-order valence-corrected chi connectivity index (χ0v) is 15.8. The Morgan fingerprint density at radius 2 is 1.96 bits per heavy atom. The lowest BCUT2D eigenvalue weighted by Crippen LogP contribution is -2.42. The van der Waals surface area contributed by atoms with Gasteiger partial charge in [0.2, 0.25) is 0 Å². The second kappa shape index (κ2) is 9.14. The molecule has 5 nitrogen and oxygen atoms in total. The first-order valence-electron chi connectivity index (χ1n) is 8.27. The Balaban J connectivity index is 0.00000288. The van der Waals surface area contributed by atoms with E-state index in [1.807, 2.05) is 13.8 Å². The molecule has 0 bridgehead atoms. The number of ether oxygens (including phenoxy) is 2. The molecular formula is C18H29ClN2O3. The Bertz CT molecular complexity index is 543.